The molecule has 28 heavy (non-hydrogen) atoms. The number of benzene rings is 1. The van der Waals surface area contributed by atoms with Gasteiger partial charge in [0.15, 0.2) is 0 Å². The standard InChI is InChI=1S/C20H30N4O4/c1-6-22-13-15-16(8-7-14(17(15)21)18(25)27-5)23-9-11-24(12-10-23)19(26)28-20(2,3)4/h7-8,13H,6,9-12,21H2,1-5H3. The average molecular weight is 390 g/mol. The monoisotopic (exact) mass is 390 g/mol. The quantitative estimate of drug-likeness (QED) is 0.482. The van der Waals surface area contributed by atoms with Crippen LogP contribution in [0.15, 0.2) is 17.1 Å². The first kappa shape index (κ1) is 21.5. The molecule has 8 nitrogen and oxygen atoms in total. The van der Waals surface area contributed by atoms with Crippen molar-refractivity contribution in [3.05, 3.63) is 23.3 Å². The number of hydrogen-bond donors (Lipinski definition) is 1. The van der Waals surface area contributed by atoms with Crippen molar-refractivity contribution in [1.82, 2.24) is 4.90 Å². The van der Waals surface area contributed by atoms with Gasteiger partial charge in [-0.05, 0) is 39.8 Å². The fourth-order valence-corrected chi connectivity index (χ4v) is 2.96. The molecule has 1 aliphatic rings. The highest BCUT2D eigenvalue weighted by Crippen LogP contribution is 2.29. The Hall–Kier alpha value is -2.77. The van der Waals surface area contributed by atoms with Crippen molar-refractivity contribution in [2.75, 3.05) is 50.5 Å². The Morgan fingerprint density at radius 3 is 2.39 bits per heavy atom. The summed E-state index contributed by atoms with van der Waals surface area (Å²) in [5, 5.41) is 0. The zero-order valence-electron chi connectivity index (χ0n) is 17.3. The minimum atomic E-state index is -0.518. The first-order valence-corrected chi connectivity index (χ1v) is 9.41. The van der Waals surface area contributed by atoms with E-state index in [0.717, 1.165) is 5.69 Å². The highest BCUT2D eigenvalue weighted by Gasteiger charge is 2.27. The van der Waals surface area contributed by atoms with E-state index in [-0.39, 0.29) is 6.09 Å². The lowest BCUT2D eigenvalue weighted by Crippen LogP contribution is -2.50. The summed E-state index contributed by atoms with van der Waals surface area (Å²) >= 11 is 0. The molecule has 2 N–H and O–H groups in total. The molecule has 0 aliphatic carbocycles. The van der Waals surface area contributed by atoms with Crippen LogP contribution < -0.4 is 10.6 Å². The van der Waals surface area contributed by atoms with Gasteiger partial charge in [0, 0.05) is 50.2 Å². The first-order valence-electron chi connectivity index (χ1n) is 9.41. The Bertz CT molecular complexity index is 747. The summed E-state index contributed by atoms with van der Waals surface area (Å²) < 4.78 is 10.3. The SMILES string of the molecule is CCN=Cc1c(N2CCN(C(=O)OC(C)(C)C)CC2)ccc(C(=O)OC)c1N. The van der Waals surface area contributed by atoms with E-state index in [0.29, 0.717) is 49.5 Å². The minimum Gasteiger partial charge on any atom is -0.465 e. The second-order valence-electron chi connectivity index (χ2n) is 7.53. The molecule has 1 aromatic rings. The highest BCUT2D eigenvalue weighted by atomic mass is 16.6. The minimum absolute atomic E-state index is 0.305. The van der Waals surface area contributed by atoms with Crippen LogP contribution in [0.2, 0.25) is 0 Å². The third-order valence-corrected chi connectivity index (χ3v) is 4.34. The van der Waals surface area contributed by atoms with Crippen molar-refractivity contribution in [2.45, 2.75) is 33.3 Å². The fraction of sp³-hybridized carbons (Fsp3) is 0.550. The van der Waals surface area contributed by atoms with E-state index in [1.807, 2.05) is 33.8 Å². The summed E-state index contributed by atoms with van der Waals surface area (Å²) in [4.78, 5) is 32.4. The lowest BCUT2D eigenvalue weighted by molar-refractivity contribution is 0.0240. The van der Waals surface area contributed by atoms with E-state index in [2.05, 4.69) is 9.89 Å². The maximum absolute atomic E-state index is 12.3. The molecule has 1 aliphatic heterocycles. The van der Waals surface area contributed by atoms with E-state index < -0.39 is 11.6 Å². The molecule has 1 heterocycles. The first-order chi connectivity index (χ1) is 13.2. The number of nitrogen functional groups attached to an aromatic ring is 1. The molecule has 0 bridgehead atoms. The molecule has 0 radical (unpaired) electrons. The maximum atomic E-state index is 12.3. The van der Waals surface area contributed by atoms with Crippen LogP contribution in [-0.4, -0.2) is 68.6 Å². The number of ether oxygens (including phenoxy) is 2. The maximum Gasteiger partial charge on any atom is 0.410 e. The number of carbonyl (C=O) groups is 2. The Labute approximate surface area is 166 Å². The van der Waals surface area contributed by atoms with Crippen LogP contribution in [0.3, 0.4) is 0 Å². The van der Waals surface area contributed by atoms with Gasteiger partial charge in [0.1, 0.15) is 5.60 Å². The van der Waals surface area contributed by atoms with Crippen LogP contribution in [0.1, 0.15) is 43.6 Å². The second-order valence-corrected chi connectivity index (χ2v) is 7.53. The van der Waals surface area contributed by atoms with Gasteiger partial charge < -0.3 is 25.0 Å². The lowest BCUT2D eigenvalue weighted by atomic mass is 10.0. The zero-order chi connectivity index (χ0) is 20.9. The number of methoxy groups -OCH3 is 1. The Balaban J connectivity index is 2.22. The predicted octanol–water partition coefficient (Wildman–Crippen LogP) is 2.55. The van der Waals surface area contributed by atoms with E-state index in [4.69, 9.17) is 15.2 Å². The summed E-state index contributed by atoms with van der Waals surface area (Å²) in [6.07, 6.45) is 1.39. The molecule has 0 aromatic heterocycles. The third kappa shape index (κ3) is 5.15. The molecule has 1 aromatic carbocycles. The summed E-state index contributed by atoms with van der Waals surface area (Å²) in [6, 6.07) is 3.52. The van der Waals surface area contributed by atoms with Crippen molar-refractivity contribution in [3.63, 3.8) is 0 Å². The van der Waals surface area contributed by atoms with Crippen molar-refractivity contribution in [3.8, 4) is 0 Å². The second kappa shape index (κ2) is 8.95. The van der Waals surface area contributed by atoms with Crippen LogP contribution in [-0.2, 0) is 9.47 Å². The number of nitrogens with two attached hydrogens (primary N) is 1. The van der Waals surface area contributed by atoms with E-state index >= 15 is 0 Å². The number of piperazine rings is 1. The highest BCUT2D eigenvalue weighted by molar-refractivity contribution is 6.04. The average Bonchev–Trinajstić information content (AvgIpc) is 2.65. The number of amides is 1. The Morgan fingerprint density at radius 2 is 1.86 bits per heavy atom. The fourth-order valence-electron chi connectivity index (χ4n) is 2.96. The number of aliphatic imine (C=N–C) groups is 1. The largest absolute Gasteiger partial charge is 0.465 e. The van der Waals surface area contributed by atoms with Gasteiger partial charge in [0.25, 0.3) is 0 Å². The number of rotatable bonds is 4. The van der Waals surface area contributed by atoms with Gasteiger partial charge in [-0.2, -0.15) is 0 Å². The van der Waals surface area contributed by atoms with Gasteiger partial charge in [-0.3, -0.25) is 4.99 Å². The molecule has 0 spiro atoms. The molecule has 0 saturated carbocycles. The van der Waals surface area contributed by atoms with Gasteiger partial charge in [-0.15, -0.1) is 0 Å². The topological polar surface area (TPSA) is 97.5 Å². The normalized spacial score (nSPS) is 15.0. The van der Waals surface area contributed by atoms with Crippen molar-refractivity contribution in [2.24, 2.45) is 4.99 Å². The molecule has 1 fully saturated rings. The van der Waals surface area contributed by atoms with Crippen molar-refractivity contribution < 1.29 is 19.1 Å². The van der Waals surface area contributed by atoms with Crippen molar-refractivity contribution in [1.29, 1.82) is 0 Å². The molecule has 0 atom stereocenters. The molecule has 1 saturated heterocycles. The van der Waals surface area contributed by atoms with Gasteiger partial charge in [-0.25, -0.2) is 9.59 Å². The zero-order valence-corrected chi connectivity index (χ0v) is 17.3. The molecule has 2 rings (SSSR count). The van der Waals surface area contributed by atoms with Crippen LogP contribution >= 0.6 is 0 Å². The third-order valence-electron chi connectivity index (χ3n) is 4.34. The Morgan fingerprint density at radius 1 is 1.21 bits per heavy atom. The van der Waals surface area contributed by atoms with Gasteiger partial charge in [0.05, 0.1) is 18.4 Å². The molecule has 154 valence electrons. The van der Waals surface area contributed by atoms with E-state index in [1.165, 1.54) is 7.11 Å². The summed E-state index contributed by atoms with van der Waals surface area (Å²) in [7, 11) is 1.32. The smallest absolute Gasteiger partial charge is 0.410 e. The van der Waals surface area contributed by atoms with E-state index in [1.54, 1.807) is 17.2 Å². The number of anilines is 2. The van der Waals surface area contributed by atoms with E-state index in [9.17, 15) is 9.59 Å². The number of nitrogens with zero attached hydrogens (tertiary/aromatic N) is 3. The number of esters is 1. The van der Waals surface area contributed by atoms with Crippen LogP contribution in [0.4, 0.5) is 16.2 Å². The van der Waals surface area contributed by atoms with Crippen LogP contribution in [0.5, 0.6) is 0 Å². The van der Waals surface area contributed by atoms with Gasteiger partial charge in [0.2, 0.25) is 0 Å². The Kier molecular flexibility index (Phi) is 6.88. The molecule has 0 unspecified atom stereocenters. The lowest BCUT2D eigenvalue weighted by Gasteiger charge is -2.37. The number of carbonyl (C=O) groups excluding carboxylic acids is 2. The van der Waals surface area contributed by atoms with Gasteiger partial charge in [-0.1, -0.05) is 0 Å². The van der Waals surface area contributed by atoms with Crippen LogP contribution in [0, 0.1) is 0 Å². The molecular formula is C20H30N4O4. The summed E-state index contributed by atoms with van der Waals surface area (Å²) in [5.41, 5.74) is 7.96. The summed E-state index contributed by atoms with van der Waals surface area (Å²) in [6.45, 7) is 10.4. The molecular weight excluding hydrogens is 360 g/mol. The molecule has 1 amide bonds. The number of hydrogen-bond acceptors (Lipinski definition) is 7. The van der Waals surface area contributed by atoms with Crippen molar-refractivity contribution >= 4 is 29.7 Å². The summed E-state index contributed by atoms with van der Waals surface area (Å²) in [5.74, 6) is -0.482. The molecule has 8 heteroatoms. The van der Waals surface area contributed by atoms with Gasteiger partial charge >= 0.3 is 12.1 Å². The van der Waals surface area contributed by atoms with Crippen LogP contribution in [0.25, 0.3) is 0 Å². The predicted molar refractivity (Wildman–Crippen MR) is 110 cm³/mol.